The van der Waals surface area contributed by atoms with Crippen molar-refractivity contribution in [1.29, 1.82) is 0 Å². The molecule has 114 valence electrons. The zero-order chi connectivity index (χ0) is 15.0. The van der Waals surface area contributed by atoms with E-state index in [9.17, 15) is 9.32 Å². The molecule has 0 saturated heterocycles. The minimum absolute atomic E-state index is 0.0738. The molecule has 2 N–H and O–H groups in total. The van der Waals surface area contributed by atoms with E-state index in [-0.39, 0.29) is 11.9 Å². The Hall–Kier alpha value is -1.11. The van der Waals surface area contributed by atoms with Gasteiger partial charge in [-0.3, -0.25) is 4.21 Å². The minimum atomic E-state index is -0.849. The number of nitrogens with one attached hydrogen (secondary N) is 1. The van der Waals surface area contributed by atoms with Crippen molar-refractivity contribution >= 4 is 10.8 Å². The molecule has 0 heterocycles. The Kier molecular flexibility index (Phi) is 7.58. The molecule has 0 saturated carbocycles. The number of benzene rings is 1. The summed E-state index contributed by atoms with van der Waals surface area (Å²) in [6, 6.07) is 7.19. The maximum Gasteiger partial charge on any atom is 0.119 e. The van der Waals surface area contributed by atoms with Gasteiger partial charge in [-0.15, -0.1) is 0 Å². The van der Waals surface area contributed by atoms with E-state index in [0.29, 0.717) is 18.8 Å². The minimum Gasteiger partial charge on any atom is -0.497 e. The van der Waals surface area contributed by atoms with E-state index in [1.54, 1.807) is 37.6 Å². The molecule has 0 aliphatic rings. The molecule has 0 aromatic heterocycles. The first-order valence-electron chi connectivity index (χ1n) is 6.50. The van der Waals surface area contributed by atoms with Crippen LogP contribution in [0.2, 0.25) is 0 Å². The molecule has 3 atom stereocenters. The largest absolute Gasteiger partial charge is 0.497 e. The Labute approximate surface area is 122 Å². The van der Waals surface area contributed by atoms with Crippen LogP contribution >= 0.6 is 0 Å². The highest BCUT2D eigenvalue weighted by Crippen LogP contribution is 2.16. The molecule has 0 bridgehead atoms. The Morgan fingerprint density at radius 3 is 2.40 bits per heavy atom. The van der Waals surface area contributed by atoms with E-state index in [1.807, 2.05) is 6.92 Å². The number of hydrogen-bond donors (Lipinski definition) is 2. The maximum atomic E-state index is 11.2. The number of rotatable bonds is 9. The van der Waals surface area contributed by atoms with Crippen LogP contribution in [0.3, 0.4) is 0 Å². The van der Waals surface area contributed by atoms with Crippen molar-refractivity contribution in [2.75, 3.05) is 33.1 Å². The smallest absolute Gasteiger partial charge is 0.119 e. The van der Waals surface area contributed by atoms with Gasteiger partial charge in [0.25, 0.3) is 0 Å². The van der Waals surface area contributed by atoms with Crippen LogP contribution in [-0.4, -0.2) is 53.7 Å². The van der Waals surface area contributed by atoms with Crippen LogP contribution in [0, 0.1) is 0 Å². The molecule has 0 aliphatic carbocycles. The fourth-order valence-corrected chi connectivity index (χ4v) is 1.85. The van der Waals surface area contributed by atoms with Crippen molar-refractivity contribution in [1.82, 2.24) is 5.32 Å². The van der Waals surface area contributed by atoms with E-state index < -0.39 is 16.9 Å². The van der Waals surface area contributed by atoms with Gasteiger partial charge in [-0.2, -0.15) is 0 Å². The monoisotopic (exact) mass is 301 g/mol. The van der Waals surface area contributed by atoms with Crippen molar-refractivity contribution in [2.24, 2.45) is 0 Å². The summed E-state index contributed by atoms with van der Waals surface area (Å²) in [6.07, 6.45) is 1.07. The molecule has 1 aromatic rings. The van der Waals surface area contributed by atoms with E-state index in [1.165, 1.54) is 0 Å². The molecular formula is C14H23NO4S. The standard InChI is InChI=1S/C14H23NO4S/c1-11(20(3)17)8-15-9-12(16)10-19-14-6-4-13(18-2)5-7-14/h4-7,11-12,15-16H,8-10H2,1-3H3. The average Bonchev–Trinajstić information content (AvgIpc) is 2.45. The van der Waals surface area contributed by atoms with Crippen molar-refractivity contribution in [3.8, 4) is 11.5 Å². The summed E-state index contributed by atoms with van der Waals surface area (Å²) in [4.78, 5) is 0. The highest BCUT2D eigenvalue weighted by Gasteiger charge is 2.08. The van der Waals surface area contributed by atoms with Crippen LogP contribution in [0.4, 0.5) is 0 Å². The zero-order valence-electron chi connectivity index (χ0n) is 12.2. The number of aliphatic hydroxyl groups is 1. The van der Waals surface area contributed by atoms with Gasteiger partial charge in [0.05, 0.1) is 7.11 Å². The molecule has 0 spiro atoms. The topological polar surface area (TPSA) is 67.8 Å². The van der Waals surface area contributed by atoms with Gasteiger partial charge in [0.15, 0.2) is 0 Å². The number of aliphatic hydroxyl groups excluding tert-OH is 1. The Morgan fingerprint density at radius 2 is 1.85 bits per heavy atom. The molecule has 1 aromatic carbocycles. The van der Waals surface area contributed by atoms with E-state index in [4.69, 9.17) is 9.47 Å². The first-order chi connectivity index (χ1) is 9.52. The Bertz CT molecular complexity index is 410. The summed E-state index contributed by atoms with van der Waals surface area (Å²) < 4.78 is 21.7. The van der Waals surface area contributed by atoms with Crippen molar-refractivity contribution in [2.45, 2.75) is 18.3 Å². The molecule has 0 fully saturated rings. The lowest BCUT2D eigenvalue weighted by Crippen LogP contribution is -2.36. The summed E-state index contributed by atoms with van der Waals surface area (Å²) in [5.41, 5.74) is 0. The van der Waals surface area contributed by atoms with Gasteiger partial charge in [0, 0.05) is 35.4 Å². The van der Waals surface area contributed by atoms with E-state index in [0.717, 1.165) is 5.75 Å². The van der Waals surface area contributed by atoms with Gasteiger partial charge in [-0.25, -0.2) is 0 Å². The predicted molar refractivity (Wildman–Crippen MR) is 80.9 cm³/mol. The molecule has 20 heavy (non-hydrogen) atoms. The van der Waals surface area contributed by atoms with Crippen LogP contribution in [0.25, 0.3) is 0 Å². The van der Waals surface area contributed by atoms with Crippen molar-refractivity contribution in [3.05, 3.63) is 24.3 Å². The van der Waals surface area contributed by atoms with Gasteiger partial charge < -0.3 is 19.9 Å². The van der Waals surface area contributed by atoms with Gasteiger partial charge >= 0.3 is 0 Å². The normalized spacial score (nSPS) is 15.4. The maximum absolute atomic E-state index is 11.2. The van der Waals surface area contributed by atoms with Gasteiger partial charge in [0.1, 0.15) is 24.2 Å². The quantitative estimate of drug-likeness (QED) is 0.706. The molecule has 3 unspecified atom stereocenters. The second-order valence-electron chi connectivity index (χ2n) is 4.61. The summed E-state index contributed by atoms with van der Waals surface area (Å²) in [5, 5.41) is 12.9. The molecule has 6 heteroatoms. The molecule has 5 nitrogen and oxygen atoms in total. The molecule has 0 aliphatic heterocycles. The third kappa shape index (κ3) is 6.36. The first kappa shape index (κ1) is 16.9. The number of methoxy groups -OCH3 is 1. The van der Waals surface area contributed by atoms with Gasteiger partial charge in [-0.1, -0.05) is 0 Å². The first-order valence-corrected chi connectivity index (χ1v) is 8.13. The number of ether oxygens (including phenoxy) is 2. The Morgan fingerprint density at radius 1 is 1.25 bits per heavy atom. The van der Waals surface area contributed by atoms with Crippen LogP contribution in [0.15, 0.2) is 24.3 Å². The SMILES string of the molecule is COc1ccc(OCC(O)CNCC(C)S(C)=O)cc1. The van der Waals surface area contributed by atoms with E-state index in [2.05, 4.69) is 5.32 Å². The van der Waals surface area contributed by atoms with Gasteiger partial charge in [-0.05, 0) is 31.2 Å². The lowest BCUT2D eigenvalue weighted by Gasteiger charge is -2.15. The second kappa shape index (κ2) is 8.94. The molecule has 1 rings (SSSR count). The zero-order valence-corrected chi connectivity index (χ0v) is 13.0. The fraction of sp³-hybridized carbons (Fsp3) is 0.571. The predicted octanol–water partition coefficient (Wildman–Crippen LogP) is 0.791. The fourth-order valence-electron chi connectivity index (χ4n) is 1.49. The Balaban J connectivity index is 2.22. The lowest BCUT2D eigenvalue weighted by atomic mass is 10.3. The van der Waals surface area contributed by atoms with Gasteiger partial charge in [0.2, 0.25) is 0 Å². The third-order valence-electron chi connectivity index (χ3n) is 2.88. The van der Waals surface area contributed by atoms with Crippen LogP contribution in [-0.2, 0) is 10.8 Å². The van der Waals surface area contributed by atoms with E-state index >= 15 is 0 Å². The third-order valence-corrected chi connectivity index (χ3v) is 4.18. The summed E-state index contributed by atoms with van der Waals surface area (Å²) in [5.74, 6) is 1.45. The van der Waals surface area contributed by atoms with Crippen LogP contribution in [0.1, 0.15) is 6.92 Å². The van der Waals surface area contributed by atoms with Crippen molar-refractivity contribution < 1.29 is 18.8 Å². The molecular weight excluding hydrogens is 278 g/mol. The summed E-state index contributed by atoms with van der Waals surface area (Å²) in [7, 11) is 0.758. The van der Waals surface area contributed by atoms with Crippen LogP contribution < -0.4 is 14.8 Å². The summed E-state index contributed by atoms with van der Waals surface area (Å²) in [6.45, 7) is 3.15. The highest BCUT2D eigenvalue weighted by molar-refractivity contribution is 7.84. The molecule has 0 radical (unpaired) electrons. The molecule has 0 amide bonds. The highest BCUT2D eigenvalue weighted by atomic mass is 32.2. The van der Waals surface area contributed by atoms with Crippen LogP contribution in [0.5, 0.6) is 11.5 Å². The lowest BCUT2D eigenvalue weighted by molar-refractivity contribution is 0.106. The second-order valence-corrected chi connectivity index (χ2v) is 6.41. The number of hydrogen-bond acceptors (Lipinski definition) is 5. The summed E-state index contributed by atoms with van der Waals surface area (Å²) >= 11 is 0. The van der Waals surface area contributed by atoms with Crippen molar-refractivity contribution in [3.63, 3.8) is 0 Å². The average molecular weight is 301 g/mol.